The van der Waals surface area contributed by atoms with Crippen LogP contribution in [-0.4, -0.2) is 28.4 Å². The summed E-state index contributed by atoms with van der Waals surface area (Å²) in [4.78, 5) is 4.68. The molecule has 1 N–H and O–H groups in total. The Kier molecular flexibility index (Phi) is 2.69. The van der Waals surface area contributed by atoms with Crippen molar-refractivity contribution in [3.05, 3.63) is 12.2 Å². The van der Waals surface area contributed by atoms with Gasteiger partial charge in [0.2, 0.25) is 0 Å². The third-order valence-electron chi connectivity index (χ3n) is 5.64. The van der Waals surface area contributed by atoms with E-state index in [0.29, 0.717) is 5.41 Å². The lowest BCUT2D eigenvalue weighted by atomic mass is 9.49. The van der Waals surface area contributed by atoms with E-state index in [1.807, 2.05) is 18.1 Å². The summed E-state index contributed by atoms with van der Waals surface area (Å²) in [5.74, 6) is 4.06. The molecule has 104 valence electrons. The molecule has 1 heterocycles. The van der Waals surface area contributed by atoms with Crippen molar-refractivity contribution in [2.45, 2.75) is 50.5 Å². The van der Waals surface area contributed by atoms with Gasteiger partial charge in [-0.1, -0.05) is 0 Å². The third kappa shape index (κ3) is 1.92. The monoisotopic (exact) mass is 260 g/mol. The Balaban J connectivity index is 1.59. The van der Waals surface area contributed by atoms with Crippen LogP contribution >= 0.6 is 0 Å². The van der Waals surface area contributed by atoms with Crippen LogP contribution in [0.3, 0.4) is 0 Å². The van der Waals surface area contributed by atoms with Crippen molar-refractivity contribution in [2.75, 3.05) is 13.6 Å². The molecule has 4 fully saturated rings. The summed E-state index contributed by atoms with van der Waals surface area (Å²) in [6.45, 7) is 1.89. The van der Waals surface area contributed by atoms with E-state index in [2.05, 4.69) is 10.3 Å². The summed E-state index contributed by atoms with van der Waals surface area (Å²) < 4.78 is 2.02. The summed E-state index contributed by atoms with van der Waals surface area (Å²) in [5.41, 5.74) is 0.347. The van der Waals surface area contributed by atoms with Crippen LogP contribution in [0.4, 0.5) is 0 Å². The quantitative estimate of drug-likeness (QED) is 0.900. The number of rotatable bonds is 4. The molecule has 1 aromatic heterocycles. The Morgan fingerprint density at radius 2 is 1.84 bits per heavy atom. The smallest absolute Gasteiger partial charge is 0.156 e. The van der Waals surface area contributed by atoms with Crippen molar-refractivity contribution in [3.8, 4) is 0 Å². The molecule has 0 aromatic carbocycles. The van der Waals surface area contributed by atoms with Gasteiger partial charge in [0.05, 0.1) is 6.54 Å². The Morgan fingerprint density at radius 3 is 2.42 bits per heavy atom. The van der Waals surface area contributed by atoms with Crippen molar-refractivity contribution in [1.82, 2.24) is 20.1 Å². The minimum absolute atomic E-state index is 0.347. The molecule has 19 heavy (non-hydrogen) atoms. The van der Waals surface area contributed by atoms with Crippen LogP contribution in [0.2, 0.25) is 0 Å². The maximum Gasteiger partial charge on any atom is 0.156 e. The van der Waals surface area contributed by atoms with Crippen molar-refractivity contribution in [1.29, 1.82) is 0 Å². The van der Waals surface area contributed by atoms with Gasteiger partial charge in [-0.05, 0) is 63.3 Å². The van der Waals surface area contributed by atoms with E-state index < -0.39 is 0 Å². The van der Waals surface area contributed by atoms with Crippen LogP contribution < -0.4 is 5.32 Å². The van der Waals surface area contributed by atoms with Crippen LogP contribution in [0.25, 0.3) is 0 Å². The van der Waals surface area contributed by atoms with Gasteiger partial charge < -0.3 is 5.32 Å². The summed E-state index contributed by atoms with van der Waals surface area (Å²) in [6, 6.07) is 0. The van der Waals surface area contributed by atoms with Gasteiger partial charge in [-0.3, -0.25) is 4.68 Å². The minimum atomic E-state index is 0.347. The van der Waals surface area contributed by atoms with Crippen molar-refractivity contribution >= 4 is 0 Å². The number of likely N-dealkylation sites (N-methyl/N-ethyl adjacent to an activating group) is 1. The second-order valence-electron chi connectivity index (χ2n) is 7.13. The van der Waals surface area contributed by atoms with Crippen LogP contribution in [0.1, 0.15) is 44.3 Å². The molecular formula is C15H24N4. The fraction of sp³-hybridized carbons (Fsp3) is 0.867. The summed E-state index contributed by atoms with van der Waals surface area (Å²) in [7, 11) is 1.98. The van der Waals surface area contributed by atoms with E-state index in [1.54, 1.807) is 0 Å². The van der Waals surface area contributed by atoms with E-state index in [-0.39, 0.29) is 0 Å². The molecule has 0 radical (unpaired) electrons. The Labute approximate surface area is 115 Å². The molecule has 0 atom stereocenters. The number of aromatic nitrogens is 3. The fourth-order valence-electron chi connectivity index (χ4n) is 5.26. The largest absolute Gasteiger partial charge is 0.318 e. The first-order valence-electron chi connectivity index (χ1n) is 7.82. The van der Waals surface area contributed by atoms with E-state index in [1.165, 1.54) is 38.5 Å². The number of hydrogen-bond donors (Lipinski definition) is 1. The van der Waals surface area contributed by atoms with Crippen LogP contribution in [0.15, 0.2) is 6.33 Å². The molecule has 4 nitrogen and oxygen atoms in total. The molecule has 4 saturated carbocycles. The normalized spacial score (nSPS) is 39.9. The molecule has 1 aromatic rings. The van der Waals surface area contributed by atoms with Gasteiger partial charge in [0, 0.05) is 12.0 Å². The van der Waals surface area contributed by atoms with Gasteiger partial charge in [-0.2, -0.15) is 5.10 Å². The van der Waals surface area contributed by atoms with Crippen molar-refractivity contribution in [2.24, 2.45) is 17.8 Å². The molecule has 0 amide bonds. The first kappa shape index (κ1) is 11.9. The van der Waals surface area contributed by atoms with Gasteiger partial charge in [-0.25, -0.2) is 4.98 Å². The van der Waals surface area contributed by atoms with Crippen molar-refractivity contribution in [3.63, 3.8) is 0 Å². The van der Waals surface area contributed by atoms with Gasteiger partial charge in [-0.15, -0.1) is 0 Å². The molecule has 0 spiro atoms. The Bertz CT molecular complexity index is 429. The lowest BCUT2D eigenvalue weighted by Gasteiger charge is -2.55. The molecule has 0 unspecified atom stereocenters. The van der Waals surface area contributed by atoms with Gasteiger partial charge in [0.15, 0.2) is 5.82 Å². The molecule has 0 saturated heterocycles. The standard InChI is InChI=1S/C15H24N4/c1-16-2-3-19-10-17-14(18-19)15-7-11-4-12(8-15)6-13(5-11)9-15/h10-13,16H,2-9H2,1H3. The van der Waals surface area contributed by atoms with Crippen LogP contribution in [0.5, 0.6) is 0 Å². The number of hydrogen-bond acceptors (Lipinski definition) is 3. The highest BCUT2D eigenvalue weighted by Gasteiger charge is 2.53. The lowest BCUT2D eigenvalue weighted by molar-refractivity contribution is -0.00944. The molecule has 4 bridgehead atoms. The summed E-state index contributed by atoms with van der Waals surface area (Å²) in [5, 5.41) is 7.98. The highest BCUT2D eigenvalue weighted by atomic mass is 15.3. The zero-order chi connectivity index (χ0) is 12.9. The topological polar surface area (TPSA) is 42.7 Å². The second kappa shape index (κ2) is 4.30. The highest BCUT2D eigenvalue weighted by molar-refractivity contribution is 5.16. The maximum atomic E-state index is 4.80. The van der Waals surface area contributed by atoms with E-state index >= 15 is 0 Å². The lowest BCUT2D eigenvalue weighted by Crippen LogP contribution is -2.49. The van der Waals surface area contributed by atoms with E-state index in [9.17, 15) is 0 Å². The predicted octanol–water partition coefficient (Wildman–Crippen LogP) is 1.97. The first-order valence-corrected chi connectivity index (χ1v) is 7.82. The third-order valence-corrected chi connectivity index (χ3v) is 5.64. The highest BCUT2D eigenvalue weighted by Crippen LogP contribution is 2.60. The van der Waals surface area contributed by atoms with E-state index in [0.717, 1.165) is 36.7 Å². The predicted molar refractivity (Wildman–Crippen MR) is 73.8 cm³/mol. The van der Waals surface area contributed by atoms with Crippen LogP contribution in [-0.2, 0) is 12.0 Å². The van der Waals surface area contributed by atoms with Gasteiger partial charge >= 0.3 is 0 Å². The first-order chi connectivity index (χ1) is 9.27. The molecule has 4 aliphatic rings. The molecular weight excluding hydrogens is 236 g/mol. The van der Waals surface area contributed by atoms with E-state index in [4.69, 9.17) is 5.10 Å². The average molecular weight is 260 g/mol. The minimum Gasteiger partial charge on any atom is -0.318 e. The number of nitrogens with zero attached hydrogens (tertiary/aromatic N) is 3. The van der Waals surface area contributed by atoms with Gasteiger partial charge in [0.25, 0.3) is 0 Å². The van der Waals surface area contributed by atoms with Crippen molar-refractivity contribution < 1.29 is 0 Å². The summed E-state index contributed by atoms with van der Waals surface area (Å²) in [6.07, 6.45) is 10.5. The molecule has 4 heteroatoms. The molecule has 0 aliphatic heterocycles. The van der Waals surface area contributed by atoms with Crippen LogP contribution in [0, 0.1) is 17.8 Å². The zero-order valence-electron chi connectivity index (χ0n) is 11.8. The Morgan fingerprint density at radius 1 is 1.21 bits per heavy atom. The number of nitrogens with one attached hydrogen (secondary N) is 1. The van der Waals surface area contributed by atoms with Gasteiger partial charge in [0.1, 0.15) is 6.33 Å². The Hall–Kier alpha value is -0.900. The fourth-order valence-corrected chi connectivity index (χ4v) is 5.26. The maximum absolute atomic E-state index is 4.80. The summed E-state index contributed by atoms with van der Waals surface area (Å²) >= 11 is 0. The molecule has 4 aliphatic carbocycles. The molecule has 5 rings (SSSR count). The SMILES string of the molecule is CNCCn1cnc(C23CC4CC(CC(C4)C2)C3)n1. The average Bonchev–Trinajstić information content (AvgIpc) is 2.84. The zero-order valence-corrected chi connectivity index (χ0v) is 11.8. The second-order valence-corrected chi connectivity index (χ2v) is 7.13.